The molecule has 0 heterocycles. The van der Waals surface area contributed by atoms with Crippen molar-refractivity contribution in [3.05, 3.63) is 29.8 Å². The van der Waals surface area contributed by atoms with Crippen LogP contribution < -0.4 is 10.1 Å². The van der Waals surface area contributed by atoms with E-state index in [-0.39, 0.29) is 18.8 Å². The van der Waals surface area contributed by atoms with Crippen molar-refractivity contribution in [1.29, 1.82) is 0 Å². The highest BCUT2D eigenvalue weighted by Crippen LogP contribution is 2.30. The molecule has 0 radical (unpaired) electrons. The van der Waals surface area contributed by atoms with Crippen LogP contribution in [-0.2, 0) is 20.5 Å². The fourth-order valence-corrected chi connectivity index (χ4v) is 2.05. The molecule has 0 saturated heterocycles. The van der Waals surface area contributed by atoms with Gasteiger partial charge in [0.1, 0.15) is 5.75 Å². The lowest BCUT2D eigenvalue weighted by Gasteiger charge is -2.28. The van der Waals surface area contributed by atoms with Gasteiger partial charge in [-0.25, -0.2) is 0 Å². The average Bonchev–Trinajstić information content (AvgIpc) is 2.43. The van der Waals surface area contributed by atoms with Crippen LogP contribution in [0.1, 0.15) is 18.9 Å². The maximum atomic E-state index is 12.4. The van der Waals surface area contributed by atoms with E-state index in [1.807, 2.05) is 0 Å². The van der Waals surface area contributed by atoms with E-state index < -0.39 is 35.8 Å². The fourth-order valence-electron chi connectivity index (χ4n) is 2.05. The minimum Gasteiger partial charge on any atom is -0.484 e. The summed E-state index contributed by atoms with van der Waals surface area (Å²) >= 11 is 0. The molecule has 1 unspecified atom stereocenters. The minimum absolute atomic E-state index is 0.0225. The Labute approximate surface area is 136 Å². The third kappa shape index (κ3) is 6.45. The molecule has 0 fully saturated rings. The highest BCUT2D eigenvalue weighted by Gasteiger charge is 2.31. The van der Waals surface area contributed by atoms with Crippen molar-refractivity contribution in [1.82, 2.24) is 5.32 Å². The molecule has 0 aliphatic heterocycles. The number of nitrogens with one attached hydrogen (secondary N) is 1. The SMILES string of the molecule is COCC(C)(CC(=O)O)NC(=O)COc1ccc(C(F)(F)F)cc1. The van der Waals surface area contributed by atoms with Crippen LogP contribution in [0.15, 0.2) is 24.3 Å². The summed E-state index contributed by atoms with van der Waals surface area (Å²) in [6.45, 7) is 1.01. The first-order valence-corrected chi connectivity index (χ1v) is 6.87. The molecule has 134 valence electrons. The third-order valence-corrected chi connectivity index (χ3v) is 3.00. The average molecular weight is 349 g/mol. The monoisotopic (exact) mass is 349 g/mol. The van der Waals surface area contributed by atoms with Crippen LogP contribution in [-0.4, -0.2) is 42.8 Å². The lowest BCUT2D eigenvalue weighted by Crippen LogP contribution is -2.52. The van der Waals surface area contributed by atoms with Crippen LogP contribution >= 0.6 is 0 Å². The summed E-state index contributed by atoms with van der Waals surface area (Å²) in [4.78, 5) is 22.7. The molecule has 1 atom stereocenters. The van der Waals surface area contributed by atoms with Crippen LogP contribution in [0.2, 0.25) is 0 Å². The molecular formula is C15H18F3NO5. The van der Waals surface area contributed by atoms with Crippen LogP contribution in [0.25, 0.3) is 0 Å². The van der Waals surface area contributed by atoms with Crippen molar-refractivity contribution in [2.75, 3.05) is 20.3 Å². The number of alkyl halides is 3. The van der Waals surface area contributed by atoms with Crippen LogP contribution in [0.4, 0.5) is 13.2 Å². The molecule has 24 heavy (non-hydrogen) atoms. The zero-order valence-electron chi connectivity index (χ0n) is 13.1. The minimum atomic E-state index is -4.45. The second kappa shape index (κ2) is 8.00. The molecule has 0 aliphatic rings. The van der Waals surface area contributed by atoms with Gasteiger partial charge < -0.3 is 19.9 Å². The molecule has 0 aliphatic carbocycles. The van der Waals surface area contributed by atoms with E-state index in [1.54, 1.807) is 0 Å². The zero-order chi connectivity index (χ0) is 18.4. The van der Waals surface area contributed by atoms with Crippen molar-refractivity contribution >= 4 is 11.9 Å². The lowest BCUT2D eigenvalue weighted by atomic mass is 9.99. The van der Waals surface area contributed by atoms with Gasteiger partial charge in [0.15, 0.2) is 6.61 Å². The first kappa shape index (κ1) is 19.8. The quantitative estimate of drug-likeness (QED) is 0.751. The number of benzene rings is 1. The number of amides is 1. The third-order valence-electron chi connectivity index (χ3n) is 3.00. The fraction of sp³-hybridized carbons (Fsp3) is 0.467. The normalized spacial score (nSPS) is 13.9. The topological polar surface area (TPSA) is 84.9 Å². The number of hydrogen-bond donors (Lipinski definition) is 2. The molecule has 9 heteroatoms. The number of aliphatic carboxylic acids is 1. The second-order valence-corrected chi connectivity index (χ2v) is 5.42. The van der Waals surface area contributed by atoms with E-state index in [4.69, 9.17) is 14.6 Å². The first-order chi connectivity index (χ1) is 11.1. The van der Waals surface area contributed by atoms with Gasteiger partial charge in [-0.05, 0) is 31.2 Å². The first-order valence-electron chi connectivity index (χ1n) is 6.87. The summed E-state index contributed by atoms with van der Waals surface area (Å²) in [7, 11) is 1.37. The highest BCUT2D eigenvalue weighted by molar-refractivity contribution is 5.79. The maximum absolute atomic E-state index is 12.4. The van der Waals surface area contributed by atoms with Gasteiger partial charge in [-0.15, -0.1) is 0 Å². The standard InChI is InChI=1S/C15H18F3NO5/c1-14(9-23-2,7-13(21)22)19-12(20)8-24-11-5-3-10(4-6-11)15(16,17)18/h3-6H,7-9H2,1-2H3,(H,19,20)(H,21,22). The number of carboxylic acids is 1. The Bertz CT molecular complexity index is 573. The molecule has 1 aromatic rings. The second-order valence-electron chi connectivity index (χ2n) is 5.42. The van der Waals surface area contributed by atoms with E-state index in [0.29, 0.717) is 0 Å². The number of carbonyl (C=O) groups is 2. The Morgan fingerprint density at radius 3 is 2.25 bits per heavy atom. The highest BCUT2D eigenvalue weighted by atomic mass is 19.4. The number of ether oxygens (including phenoxy) is 2. The Balaban J connectivity index is 2.60. The summed E-state index contributed by atoms with van der Waals surface area (Å²) in [5, 5.41) is 11.3. The van der Waals surface area contributed by atoms with Gasteiger partial charge in [0.2, 0.25) is 0 Å². The van der Waals surface area contributed by atoms with Gasteiger partial charge in [-0.1, -0.05) is 0 Å². The zero-order valence-corrected chi connectivity index (χ0v) is 13.1. The summed E-state index contributed by atoms with van der Waals surface area (Å²) < 4.78 is 47.3. The van der Waals surface area contributed by atoms with E-state index in [0.717, 1.165) is 24.3 Å². The van der Waals surface area contributed by atoms with Crippen molar-refractivity contribution in [2.45, 2.75) is 25.1 Å². The Morgan fingerprint density at radius 2 is 1.79 bits per heavy atom. The van der Waals surface area contributed by atoms with Gasteiger partial charge in [0.25, 0.3) is 5.91 Å². The number of halogens is 3. The molecule has 0 saturated carbocycles. The Kier molecular flexibility index (Phi) is 6.59. The number of carbonyl (C=O) groups excluding carboxylic acids is 1. The summed E-state index contributed by atoms with van der Waals surface area (Å²) in [5.74, 6) is -1.64. The molecule has 0 bridgehead atoms. The van der Waals surface area contributed by atoms with Gasteiger partial charge in [0.05, 0.1) is 24.1 Å². The molecule has 2 N–H and O–H groups in total. The van der Waals surface area contributed by atoms with E-state index in [2.05, 4.69) is 5.32 Å². The van der Waals surface area contributed by atoms with E-state index in [9.17, 15) is 22.8 Å². The van der Waals surface area contributed by atoms with Crippen LogP contribution in [0.3, 0.4) is 0 Å². The summed E-state index contributed by atoms with van der Waals surface area (Å²) in [6.07, 6.45) is -4.80. The van der Waals surface area contributed by atoms with Crippen LogP contribution in [0, 0.1) is 0 Å². The Morgan fingerprint density at radius 1 is 1.21 bits per heavy atom. The molecular weight excluding hydrogens is 331 g/mol. The summed E-state index contributed by atoms with van der Waals surface area (Å²) in [5.41, 5.74) is -1.95. The van der Waals surface area contributed by atoms with Crippen molar-refractivity contribution < 1.29 is 37.3 Å². The van der Waals surface area contributed by atoms with Crippen molar-refractivity contribution in [2.24, 2.45) is 0 Å². The molecule has 1 rings (SSSR count). The van der Waals surface area contributed by atoms with Crippen molar-refractivity contribution in [3.63, 3.8) is 0 Å². The largest absolute Gasteiger partial charge is 0.484 e. The predicted octanol–water partition coefficient (Wildman–Crippen LogP) is 2.08. The van der Waals surface area contributed by atoms with Gasteiger partial charge in [0, 0.05) is 7.11 Å². The molecule has 1 aromatic carbocycles. The van der Waals surface area contributed by atoms with Gasteiger partial charge in [-0.3, -0.25) is 9.59 Å². The predicted molar refractivity (Wildman–Crippen MR) is 77.6 cm³/mol. The molecule has 1 amide bonds. The summed E-state index contributed by atoms with van der Waals surface area (Å²) in [6, 6.07) is 3.88. The Hall–Kier alpha value is -2.29. The smallest absolute Gasteiger partial charge is 0.416 e. The van der Waals surface area contributed by atoms with Gasteiger partial charge in [-0.2, -0.15) is 13.2 Å². The van der Waals surface area contributed by atoms with Crippen LogP contribution in [0.5, 0.6) is 5.75 Å². The van der Waals surface area contributed by atoms with Gasteiger partial charge >= 0.3 is 12.1 Å². The lowest BCUT2D eigenvalue weighted by molar-refractivity contribution is -0.140. The number of methoxy groups -OCH3 is 1. The van der Waals surface area contributed by atoms with E-state index >= 15 is 0 Å². The molecule has 0 aromatic heterocycles. The maximum Gasteiger partial charge on any atom is 0.416 e. The number of hydrogen-bond acceptors (Lipinski definition) is 4. The number of carboxylic acid groups (broad SMARTS) is 1. The van der Waals surface area contributed by atoms with E-state index in [1.165, 1.54) is 14.0 Å². The number of rotatable bonds is 8. The molecule has 6 nitrogen and oxygen atoms in total. The molecule has 0 spiro atoms. The van der Waals surface area contributed by atoms with Crippen molar-refractivity contribution in [3.8, 4) is 5.75 Å².